The van der Waals surface area contributed by atoms with E-state index < -0.39 is 21.7 Å². The van der Waals surface area contributed by atoms with Gasteiger partial charge in [0.15, 0.2) is 5.03 Å². The van der Waals surface area contributed by atoms with Crippen molar-refractivity contribution in [2.24, 2.45) is 17.6 Å². The molecule has 1 fully saturated rings. The number of nitrogens with two attached hydrogens (primary N) is 1. The molecule has 1 atom stereocenters. The summed E-state index contributed by atoms with van der Waals surface area (Å²) in [5, 5.41) is 5.72. The van der Waals surface area contributed by atoms with Gasteiger partial charge in [-0.25, -0.2) is 14.1 Å². The van der Waals surface area contributed by atoms with Gasteiger partial charge >= 0.3 is 0 Å². The van der Waals surface area contributed by atoms with Crippen molar-refractivity contribution in [2.75, 3.05) is 24.6 Å². The standard InChI is InChI=1S/C26H29FN6O4S/c1-17(2)16-37-21-13-19(12-20(27)14-21)23-6-5-22(26(34)32-38(35,36)24-8-10-29-31-24)25(30-23)33-11-3-4-18(15-33)7-9-28/h5-6,8,10,12-14,17-18H,3-4,11,15-16,28H2,1-2H3,(H,29,31)(H,32,34). The van der Waals surface area contributed by atoms with E-state index in [1.54, 1.807) is 12.1 Å². The van der Waals surface area contributed by atoms with Gasteiger partial charge in [0, 0.05) is 36.7 Å². The van der Waals surface area contributed by atoms with Crippen molar-refractivity contribution in [3.05, 3.63) is 54.0 Å². The van der Waals surface area contributed by atoms with Gasteiger partial charge in [0.25, 0.3) is 15.9 Å². The van der Waals surface area contributed by atoms with Crippen LogP contribution in [0.25, 0.3) is 11.3 Å². The van der Waals surface area contributed by atoms with Crippen molar-refractivity contribution < 1.29 is 22.3 Å². The van der Waals surface area contributed by atoms with E-state index in [0.717, 1.165) is 12.8 Å². The normalized spacial score (nSPS) is 15.6. The molecule has 0 saturated carbocycles. The quantitative estimate of drug-likeness (QED) is 0.292. The average molecular weight is 541 g/mol. The number of carbonyl (C=O) groups is 1. The zero-order valence-electron chi connectivity index (χ0n) is 21.1. The van der Waals surface area contributed by atoms with Crippen LogP contribution >= 0.6 is 0 Å². The highest BCUT2D eigenvalue weighted by Crippen LogP contribution is 2.30. The Morgan fingerprint density at radius 3 is 2.84 bits per heavy atom. The number of ether oxygens (including phenoxy) is 1. The molecule has 38 heavy (non-hydrogen) atoms. The van der Waals surface area contributed by atoms with Crippen LogP contribution in [-0.4, -0.2) is 49.2 Å². The molecule has 200 valence electrons. The topological polar surface area (TPSA) is 143 Å². The molecule has 0 radical (unpaired) electrons. The molecule has 1 aliphatic heterocycles. The summed E-state index contributed by atoms with van der Waals surface area (Å²) in [5.74, 6) is 2.44. The number of nitrogens with zero attached hydrogens (tertiary/aromatic N) is 3. The SMILES string of the molecule is CC(C)COc1cc(F)cc(-c2ccc(C(=O)NS(=O)(=O)c3ccn[nH]3)c(N3CCCC(C#CN)C3)n2)c1. The Morgan fingerprint density at radius 2 is 2.13 bits per heavy atom. The van der Waals surface area contributed by atoms with Crippen LogP contribution in [0.1, 0.15) is 37.0 Å². The number of pyridine rings is 1. The van der Waals surface area contributed by atoms with E-state index in [1.165, 1.54) is 30.5 Å². The molecule has 0 spiro atoms. The van der Waals surface area contributed by atoms with Crippen molar-refractivity contribution >= 4 is 21.7 Å². The van der Waals surface area contributed by atoms with Gasteiger partial charge in [-0.2, -0.15) is 13.5 Å². The predicted octanol–water partition coefficient (Wildman–Crippen LogP) is 2.90. The Bertz CT molecular complexity index is 1460. The van der Waals surface area contributed by atoms with Gasteiger partial charge in [-0.15, -0.1) is 0 Å². The van der Waals surface area contributed by atoms with Crippen LogP contribution in [0, 0.1) is 29.6 Å². The number of halogens is 1. The van der Waals surface area contributed by atoms with Crippen LogP contribution in [0.15, 0.2) is 47.6 Å². The molecule has 3 aromatic rings. The second-order valence-corrected chi connectivity index (χ2v) is 11.0. The summed E-state index contributed by atoms with van der Waals surface area (Å²) in [6.07, 6.45) is 2.87. The molecule has 12 heteroatoms. The number of H-pyrrole nitrogens is 1. The highest BCUT2D eigenvalue weighted by atomic mass is 32.2. The number of benzene rings is 1. The lowest BCUT2D eigenvalue weighted by molar-refractivity contribution is 0.0981. The minimum atomic E-state index is -4.19. The smallest absolute Gasteiger partial charge is 0.281 e. The molecule has 1 amide bonds. The second kappa shape index (κ2) is 11.5. The summed E-state index contributed by atoms with van der Waals surface area (Å²) in [6.45, 7) is 5.41. The molecule has 1 unspecified atom stereocenters. The monoisotopic (exact) mass is 540 g/mol. The maximum atomic E-state index is 14.5. The molecule has 4 N–H and O–H groups in total. The largest absolute Gasteiger partial charge is 0.493 e. The molecule has 3 heterocycles. The number of hydrogen-bond acceptors (Lipinski definition) is 8. The van der Waals surface area contributed by atoms with Gasteiger partial charge in [0.05, 0.1) is 24.1 Å². The van der Waals surface area contributed by atoms with Gasteiger partial charge in [-0.3, -0.25) is 9.89 Å². The van der Waals surface area contributed by atoms with Crippen molar-refractivity contribution in [3.8, 4) is 29.0 Å². The minimum Gasteiger partial charge on any atom is -0.493 e. The summed E-state index contributed by atoms with van der Waals surface area (Å²) in [4.78, 5) is 19.8. The third-order valence-electron chi connectivity index (χ3n) is 5.87. The summed E-state index contributed by atoms with van der Waals surface area (Å²) < 4.78 is 47.5. The van der Waals surface area contributed by atoms with E-state index in [2.05, 4.69) is 26.9 Å². The highest BCUT2D eigenvalue weighted by molar-refractivity contribution is 7.90. The zero-order valence-corrected chi connectivity index (χ0v) is 21.9. The third kappa shape index (κ3) is 6.41. The van der Waals surface area contributed by atoms with Crippen LogP contribution in [0.5, 0.6) is 5.75 Å². The Balaban J connectivity index is 1.73. The predicted molar refractivity (Wildman–Crippen MR) is 140 cm³/mol. The first-order valence-corrected chi connectivity index (χ1v) is 13.6. The van der Waals surface area contributed by atoms with Crippen LogP contribution in [0.3, 0.4) is 0 Å². The first-order valence-electron chi connectivity index (χ1n) is 12.1. The third-order valence-corrected chi connectivity index (χ3v) is 7.13. The molecule has 10 nitrogen and oxygen atoms in total. The number of aromatic nitrogens is 3. The number of anilines is 1. The van der Waals surface area contributed by atoms with E-state index in [9.17, 15) is 17.6 Å². The van der Waals surface area contributed by atoms with Crippen molar-refractivity contribution in [1.82, 2.24) is 19.9 Å². The number of sulfonamides is 1. The fraction of sp³-hybridized carbons (Fsp3) is 0.346. The zero-order chi connectivity index (χ0) is 27.3. The van der Waals surface area contributed by atoms with E-state index in [4.69, 9.17) is 15.5 Å². The number of nitrogens with one attached hydrogen (secondary N) is 2. The molecule has 1 aromatic carbocycles. The fourth-order valence-electron chi connectivity index (χ4n) is 4.11. The van der Waals surface area contributed by atoms with E-state index in [0.29, 0.717) is 36.7 Å². The van der Waals surface area contributed by atoms with E-state index in [1.807, 2.05) is 18.7 Å². The molecule has 1 saturated heterocycles. The maximum absolute atomic E-state index is 14.5. The number of amides is 1. The van der Waals surface area contributed by atoms with Gasteiger partial charge in [-0.05, 0) is 49.1 Å². The van der Waals surface area contributed by atoms with Crippen molar-refractivity contribution in [2.45, 2.75) is 31.7 Å². The number of rotatable bonds is 8. The fourth-order valence-corrected chi connectivity index (χ4v) is 4.99. The van der Waals surface area contributed by atoms with E-state index >= 15 is 0 Å². The highest BCUT2D eigenvalue weighted by Gasteiger charge is 2.27. The summed E-state index contributed by atoms with van der Waals surface area (Å²) in [5.41, 5.74) is 6.33. The maximum Gasteiger partial charge on any atom is 0.281 e. The lowest BCUT2D eigenvalue weighted by atomic mass is 9.98. The first kappa shape index (κ1) is 26.9. The van der Waals surface area contributed by atoms with Crippen molar-refractivity contribution in [3.63, 3.8) is 0 Å². The summed E-state index contributed by atoms with van der Waals surface area (Å²) in [6, 6.07) is 11.0. The number of piperidine rings is 1. The van der Waals surface area contributed by atoms with Gasteiger partial charge in [-0.1, -0.05) is 19.8 Å². The molecular formula is C26H29FN6O4S. The van der Waals surface area contributed by atoms with Crippen LogP contribution in [0.2, 0.25) is 0 Å². The molecule has 0 bridgehead atoms. The van der Waals surface area contributed by atoms with Gasteiger partial charge < -0.3 is 15.4 Å². The van der Waals surface area contributed by atoms with E-state index in [-0.39, 0.29) is 28.2 Å². The van der Waals surface area contributed by atoms with Crippen LogP contribution < -0.4 is 20.1 Å². The Labute approximate surface area is 220 Å². The first-order chi connectivity index (χ1) is 18.2. The van der Waals surface area contributed by atoms with Crippen LogP contribution in [-0.2, 0) is 10.0 Å². The van der Waals surface area contributed by atoms with Crippen molar-refractivity contribution in [1.29, 1.82) is 0 Å². The summed E-state index contributed by atoms with van der Waals surface area (Å²) in [7, 11) is -4.19. The minimum absolute atomic E-state index is 0.0471. The average Bonchev–Trinajstić information content (AvgIpc) is 3.43. The Kier molecular flexibility index (Phi) is 8.16. The van der Waals surface area contributed by atoms with Crippen LogP contribution in [0.4, 0.5) is 10.2 Å². The second-order valence-electron chi connectivity index (χ2n) is 9.38. The van der Waals surface area contributed by atoms with Gasteiger partial charge in [0.1, 0.15) is 17.4 Å². The lowest BCUT2D eigenvalue weighted by Crippen LogP contribution is -2.38. The lowest BCUT2D eigenvalue weighted by Gasteiger charge is -2.32. The van der Waals surface area contributed by atoms with Gasteiger partial charge in [0.2, 0.25) is 0 Å². The molecule has 2 aromatic heterocycles. The number of aromatic amines is 1. The molecular weight excluding hydrogens is 511 g/mol. The molecule has 0 aliphatic carbocycles. The summed E-state index contributed by atoms with van der Waals surface area (Å²) >= 11 is 0. The Hall–Kier alpha value is -4.11. The molecule has 1 aliphatic rings. The number of carbonyl (C=O) groups excluding carboxylic acids is 1. The Morgan fingerprint density at radius 1 is 1.32 bits per heavy atom. The molecule has 4 rings (SSSR count). The number of hydrogen-bond donors (Lipinski definition) is 3.